The number of anilines is 1. The van der Waals surface area contributed by atoms with Crippen molar-refractivity contribution in [3.63, 3.8) is 0 Å². The number of hydrogen-bond donors (Lipinski definition) is 1. The summed E-state index contributed by atoms with van der Waals surface area (Å²) in [6.45, 7) is 4.56. The molecule has 1 saturated heterocycles. The topological polar surface area (TPSA) is 64.6 Å². The molecule has 3 aromatic rings. The maximum absolute atomic E-state index is 12.9. The summed E-state index contributed by atoms with van der Waals surface area (Å²) >= 11 is 0. The third-order valence-corrected chi connectivity index (χ3v) is 6.50. The lowest BCUT2D eigenvalue weighted by molar-refractivity contribution is -0.146. The fourth-order valence-corrected chi connectivity index (χ4v) is 4.88. The summed E-state index contributed by atoms with van der Waals surface area (Å²) in [5.74, 6) is 1.28. The Labute approximate surface area is 193 Å². The third-order valence-electron chi connectivity index (χ3n) is 6.50. The van der Waals surface area contributed by atoms with Crippen molar-refractivity contribution < 1.29 is 19.1 Å². The molecule has 1 N–H and O–H groups in total. The van der Waals surface area contributed by atoms with E-state index in [4.69, 9.17) is 9.47 Å². The van der Waals surface area contributed by atoms with Gasteiger partial charge in [-0.2, -0.15) is 0 Å². The Hall–Kier alpha value is -3.86. The number of carbonyl (C=O) groups excluding carboxylic acids is 2. The van der Waals surface area contributed by atoms with Crippen molar-refractivity contribution >= 4 is 17.6 Å². The number of cyclic esters (lactones) is 1. The zero-order chi connectivity index (χ0) is 22.8. The number of esters is 1. The van der Waals surface area contributed by atoms with Gasteiger partial charge in [-0.05, 0) is 73.4 Å². The van der Waals surface area contributed by atoms with E-state index < -0.39 is 5.41 Å². The van der Waals surface area contributed by atoms with Gasteiger partial charge in [0.25, 0.3) is 5.91 Å². The summed E-state index contributed by atoms with van der Waals surface area (Å²) < 4.78 is 11.2. The van der Waals surface area contributed by atoms with Crippen molar-refractivity contribution in [3.8, 4) is 11.5 Å². The molecule has 1 aliphatic heterocycles. The largest absolute Gasteiger partial charge is 0.465 e. The molecule has 33 heavy (non-hydrogen) atoms. The average molecular weight is 440 g/mol. The quantitative estimate of drug-likeness (QED) is 0.390. The van der Waals surface area contributed by atoms with Gasteiger partial charge in [0.05, 0.1) is 12.0 Å². The van der Waals surface area contributed by atoms with Crippen LogP contribution in [0.25, 0.3) is 0 Å². The predicted molar refractivity (Wildman–Crippen MR) is 126 cm³/mol. The van der Waals surface area contributed by atoms with Crippen LogP contribution in [0.15, 0.2) is 91.0 Å². The number of hydrogen-bond acceptors (Lipinski definition) is 4. The van der Waals surface area contributed by atoms with Gasteiger partial charge in [0.15, 0.2) is 0 Å². The number of para-hydroxylation sites is 1. The number of nitrogens with one attached hydrogen (secondary N) is 1. The van der Waals surface area contributed by atoms with Gasteiger partial charge in [0.1, 0.15) is 11.5 Å². The van der Waals surface area contributed by atoms with E-state index in [9.17, 15) is 9.59 Å². The molecule has 2 fully saturated rings. The molecule has 2 atom stereocenters. The van der Waals surface area contributed by atoms with Gasteiger partial charge in [-0.25, -0.2) is 0 Å². The standard InChI is InChI=1S/C28H25NO4/c1-19-14-22-18-32-27(31)28(22,16-19)17-20-6-5-7-21(15-20)26(30)29-23-10-12-25(13-11-23)33-24-8-3-2-4-9-24/h2-13,15,22H,1,14,16-18H2,(H,29,30). The van der Waals surface area contributed by atoms with Crippen LogP contribution in [0.2, 0.25) is 0 Å². The number of amides is 1. The molecule has 166 valence electrons. The van der Waals surface area contributed by atoms with Crippen LogP contribution in [0, 0.1) is 11.3 Å². The zero-order valence-electron chi connectivity index (χ0n) is 18.3. The molecule has 1 amide bonds. The molecule has 5 heteroatoms. The van der Waals surface area contributed by atoms with Crippen molar-refractivity contribution in [1.29, 1.82) is 0 Å². The first kappa shape index (κ1) is 21.0. The lowest BCUT2D eigenvalue weighted by atomic mass is 9.75. The second-order valence-corrected chi connectivity index (χ2v) is 8.85. The van der Waals surface area contributed by atoms with Crippen molar-refractivity contribution in [2.75, 3.05) is 11.9 Å². The lowest BCUT2D eigenvalue weighted by Crippen LogP contribution is -2.31. The van der Waals surface area contributed by atoms with E-state index in [-0.39, 0.29) is 17.8 Å². The van der Waals surface area contributed by atoms with Crippen molar-refractivity contribution in [2.45, 2.75) is 19.3 Å². The Kier molecular flexibility index (Phi) is 5.47. The number of rotatable bonds is 6. The van der Waals surface area contributed by atoms with Crippen molar-refractivity contribution in [3.05, 3.63) is 102 Å². The van der Waals surface area contributed by atoms with Gasteiger partial charge >= 0.3 is 5.97 Å². The molecule has 1 aliphatic carbocycles. The molecule has 0 aromatic heterocycles. The van der Waals surface area contributed by atoms with Crippen LogP contribution in [0.1, 0.15) is 28.8 Å². The highest BCUT2D eigenvalue weighted by Crippen LogP contribution is 2.52. The number of allylic oxidation sites excluding steroid dienone is 1. The Balaban J connectivity index is 1.27. The Morgan fingerprint density at radius 3 is 2.58 bits per heavy atom. The highest BCUT2D eigenvalue weighted by Gasteiger charge is 2.55. The smallest absolute Gasteiger partial charge is 0.313 e. The highest BCUT2D eigenvalue weighted by atomic mass is 16.5. The number of benzene rings is 3. The van der Waals surface area contributed by atoms with Crippen LogP contribution in [0.4, 0.5) is 5.69 Å². The van der Waals surface area contributed by atoms with E-state index in [0.29, 0.717) is 36.4 Å². The predicted octanol–water partition coefficient (Wildman–Crippen LogP) is 5.78. The Bertz CT molecular complexity index is 1200. The summed E-state index contributed by atoms with van der Waals surface area (Å²) in [5.41, 5.74) is 2.74. The van der Waals surface area contributed by atoms with Gasteiger partial charge in [-0.1, -0.05) is 42.5 Å². The van der Waals surface area contributed by atoms with Crippen LogP contribution in [-0.4, -0.2) is 18.5 Å². The first-order valence-electron chi connectivity index (χ1n) is 11.1. The van der Waals surface area contributed by atoms with E-state index in [1.54, 1.807) is 6.07 Å². The minimum absolute atomic E-state index is 0.140. The number of ether oxygens (including phenoxy) is 2. The molecule has 0 spiro atoms. The van der Waals surface area contributed by atoms with E-state index in [0.717, 1.165) is 23.3 Å². The molecule has 5 rings (SSSR count). The van der Waals surface area contributed by atoms with Gasteiger partial charge in [-0.3, -0.25) is 9.59 Å². The van der Waals surface area contributed by atoms with Gasteiger partial charge in [0.2, 0.25) is 0 Å². The van der Waals surface area contributed by atoms with Gasteiger partial charge < -0.3 is 14.8 Å². The molecule has 0 radical (unpaired) electrons. The van der Waals surface area contributed by atoms with Crippen molar-refractivity contribution in [1.82, 2.24) is 0 Å². The second-order valence-electron chi connectivity index (χ2n) is 8.85. The van der Waals surface area contributed by atoms with Crippen LogP contribution in [0.5, 0.6) is 11.5 Å². The summed E-state index contributed by atoms with van der Waals surface area (Å²) in [7, 11) is 0. The molecule has 2 unspecified atom stereocenters. The SMILES string of the molecule is C=C1CC2COC(=O)C2(Cc2cccc(C(=O)Nc3ccc(Oc4ccccc4)cc3)c2)C1. The van der Waals surface area contributed by atoms with Crippen LogP contribution >= 0.6 is 0 Å². The minimum atomic E-state index is -0.541. The highest BCUT2D eigenvalue weighted by molar-refractivity contribution is 6.04. The maximum Gasteiger partial charge on any atom is 0.313 e. The molecule has 0 bridgehead atoms. The van der Waals surface area contributed by atoms with Crippen LogP contribution in [0.3, 0.4) is 0 Å². The fourth-order valence-electron chi connectivity index (χ4n) is 4.88. The molecular weight excluding hydrogens is 414 g/mol. The van der Waals surface area contributed by atoms with Gasteiger partial charge in [0, 0.05) is 17.2 Å². The molecule has 2 aliphatic rings. The Morgan fingerprint density at radius 2 is 1.79 bits per heavy atom. The second kappa shape index (κ2) is 8.58. The van der Waals surface area contributed by atoms with E-state index >= 15 is 0 Å². The number of carbonyl (C=O) groups is 2. The molecular formula is C28H25NO4. The average Bonchev–Trinajstić information content (AvgIpc) is 3.29. The third kappa shape index (κ3) is 4.27. The van der Waals surface area contributed by atoms with E-state index in [1.807, 2.05) is 72.8 Å². The molecule has 5 nitrogen and oxygen atoms in total. The maximum atomic E-state index is 12.9. The molecule has 1 heterocycles. The summed E-state index contributed by atoms with van der Waals surface area (Å²) in [4.78, 5) is 25.5. The number of fused-ring (bicyclic) bond motifs is 1. The Morgan fingerprint density at radius 1 is 1.03 bits per heavy atom. The minimum Gasteiger partial charge on any atom is -0.465 e. The lowest BCUT2D eigenvalue weighted by Gasteiger charge is -2.24. The first-order chi connectivity index (χ1) is 16.0. The molecule has 3 aromatic carbocycles. The fraction of sp³-hybridized carbons (Fsp3) is 0.214. The normalized spacial score (nSPS) is 21.4. The van der Waals surface area contributed by atoms with E-state index in [1.165, 1.54) is 0 Å². The van der Waals surface area contributed by atoms with Crippen LogP contribution < -0.4 is 10.1 Å². The first-order valence-corrected chi connectivity index (χ1v) is 11.1. The van der Waals surface area contributed by atoms with Crippen LogP contribution in [-0.2, 0) is 16.0 Å². The van der Waals surface area contributed by atoms with Gasteiger partial charge in [-0.15, -0.1) is 0 Å². The molecule has 1 saturated carbocycles. The zero-order valence-corrected chi connectivity index (χ0v) is 18.3. The summed E-state index contributed by atoms with van der Waals surface area (Å²) in [5, 5.41) is 2.93. The van der Waals surface area contributed by atoms with Crippen molar-refractivity contribution in [2.24, 2.45) is 11.3 Å². The summed E-state index contributed by atoms with van der Waals surface area (Å²) in [6.07, 6.45) is 2.04. The van der Waals surface area contributed by atoms with E-state index in [2.05, 4.69) is 11.9 Å². The monoisotopic (exact) mass is 439 g/mol. The summed E-state index contributed by atoms with van der Waals surface area (Å²) in [6, 6.07) is 24.2.